The summed E-state index contributed by atoms with van der Waals surface area (Å²) >= 11 is 0. The molecule has 1 saturated carbocycles. The van der Waals surface area contributed by atoms with Gasteiger partial charge in [-0.25, -0.2) is 0 Å². The molecule has 0 unspecified atom stereocenters. The molecule has 0 bridgehead atoms. The van der Waals surface area contributed by atoms with Crippen LogP contribution in [0.15, 0.2) is 0 Å². The van der Waals surface area contributed by atoms with Gasteiger partial charge in [-0.1, -0.05) is 38.5 Å². The standard InChI is InChI=1S/C6H12.4C4H8O2/c1-2-4-6-5-3-1;4*1-3-6-4(2)5/h1-6H2;4*3H2,1-2H3. The van der Waals surface area contributed by atoms with Crippen molar-refractivity contribution in [2.24, 2.45) is 0 Å². The number of hydrogen-bond acceptors (Lipinski definition) is 8. The molecule has 0 aromatic rings. The third kappa shape index (κ3) is 63.5. The maximum atomic E-state index is 9.82. The second-order valence-electron chi connectivity index (χ2n) is 5.82. The van der Waals surface area contributed by atoms with Gasteiger partial charge in [-0.15, -0.1) is 0 Å². The lowest BCUT2D eigenvalue weighted by molar-refractivity contribution is -0.141. The van der Waals surface area contributed by atoms with Gasteiger partial charge in [0.1, 0.15) is 0 Å². The van der Waals surface area contributed by atoms with Gasteiger partial charge in [0.05, 0.1) is 26.4 Å². The van der Waals surface area contributed by atoms with Crippen molar-refractivity contribution in [2.75, 3.05) is 26.4 Å². The summed E-state index contributed by atoms with van der Waals surface area (Å²) in [5, 5.41) is 0. The Morgan fingerprint density at radius 2 is 0.567 bits per heavy atom. The summed E-state index contributed by atoms with van der Waals surface area (Å²) in [6, 6.07) is 0. The van der Waals surface area contributed by atoms with Crippen molar-refractivity contribution in [3.8, 4) is 0 Å². The summed E-state index contributed by atoms with van der Waals surface area (Å²) < 4.78 is 17.6. The molecular formula is C22H44O8. The second kappa shape index (κ2) is 31.6. The van der Waals surface area contributed by atoms with Crippen molar-refractivity contribution in [1.82, 2.24) is 0 Å². The molecule has 1 fully saturated rings. The molecule has 0 atom stereocenters. The van der Waals surface area contributed by atoms with Crippen LogP contribution in [0.4, 0.5) is 0 Å². The molecule has 0 radical (unpaired) electrons. The number of ether oxygens (including phenoxy) is 4. The molecule has 1 aliphatic rings. The minimum atomic E-state index is -0.211. The van der Waals surface area contributed by atoms with E-state index in [1.165, 1.54) is 66.2 Å². The van der Waals surface area contributed by atoms with Gasteiger partial charge in [0.2, 0.25) is 0 Å². The van der Waals surface area contributed by atoms with E-state index in [1.54, 1.807) is 27.7 Å². The SMILES string of the molecule is C1CCCCC1.CCOC(C)=O.CCOC(C)=O.CCOC(C)=O.CCOC(C)=O. The van der Waals surface area contributed by atoms with Gasteiger partial charge >= 0.3 is 23.9 Å². The summed E-state index contributed by atoms with van der Waals surface area (Å²) in [7, 11) is 0. The van der Waals surface area contributed by atoms with E-state index in [0.29, 0.717) is 26.4 Å². The van der Waals surface area contributed by atoms with Crippen LogP contribution < -0.4 is 0 Å². The van der Waals surface area contributed by atoms with Crippen LogP contribution in [0.2, 0.25) is 0 Å². The van der Waals surface area contributed by atoms with Gasteiger partial charge in [0, 0.05) is 27.7 Å². The summed E-state index contributed by atoms with van der Waals surface area (Å²) in [6.07, 6.45) is 9.00. The zero-order valence-electron chi connectivity index (χ0n) is 20.3. The van der Waals surface area contributed by atoms with E-state index >= 15 is 0 Å². The zero-order valence-corrected chi connectivity index (χ0v) is 20.3. The third-order valence-electron chi connectivity index (χ3n) is 2.89. The Bertz CT molecular complexity index is 328. The van der Waals surface area contributed by atoms with Crippen LogP contribution in [0.3, 0.4) is 0 Å². The quantitative estimate of drug-likeness (QED) is 0.464. The number of carbonyl (C=O) groups is 4. The normalized spacial score (nSPS) is 10.9. The summed E-state index contributed by atoms with van der Waals surface area (Å²) in [5.74, 6) is -0.843. The molecule has 0 amide bonds. The molecule has 0 spiro atoms. The predicted octanol–water partition coefficient (Wildman–Crippen LogP) is 4.62. The third-order valence-corrected chi connectivity index (χ3v) is 2.89. The fraction of sp³-hybridized carbons (Fsp3) is 0.818. The highest BCUT2D eigenvalue weighted by Crippen LogP contribution is 2.15. The first-order valence-corrected chi connectivity index (χ1v) is 10.6. The average Bonchev–Trinajstić information content (AvgIpc) is 2.65. The van der Waals surface area contributed by atoms with Gasteiger partial charge in [0.15, 0.2) is 0 Å². The van der Waals surface area contributed by atoms with E-state index < -0.39 is 0 Å². The molecule has 0 aromatic heterocycles. The largest absolute Gasteiger partial charge is 0.466 e. The van der Waals surface area contributed by atoms with Crippen molar-refractivity contribution in [1.29, 1.82) is 0 Å². The molecule has 0 aliphatic heterocycles. The highest BCUT2D eigenvalue weighted by atomic mass is 16.5. The molecule has 8 heteroatoms. The van der Waals surface area contributed by atoms with Crippen LogP contribution in [-0.2, 0) is 38.1 Å². The molecule has 30 heavy (non-hydrogen) atoms. The van der Waals surface area contributed by atoms with Gasteiger partial charge < -0.3 is 18.9 Å². The monoisotopic (exact) mass is 436 g/mol. The lowest BCUT2D eigenvalue weighted by Gasteiger charge is -2.05. The van der Waals surface area contributed by atoms with E-state index in [9.17, 15) is 19.2 Å². The minimum Gasteiger partial charge on any atom is -0.466 e. The van der Waals surface area contributed by atoms with Crippen LogP contribution in [-0.4, -0.2) is 50.3 Å². The zero-order chi connectivity index (χ0) is 24.2. The Kier molecular flexibility index (Phi) is 37.2. The highest BCUT2D eigenvalue weighted by molar-refractivity contribution is 5.66. The smallest absolute Gasteiger partial charge is 0.302 e. The first-order chi connectivity index (χ1) is 14.1. The van der Waals surface area contributed by atoms with Crippen LogP contribution in [0, 0.1) is 0 Å². The van der Waals surface area contributed by atoms with Gasteiger partial charge in [-0.2, -0.15) is 0 Å². The summed E-state index contributed by atoms with van der Waals surface area (Å²) in [4.78, 5) is 39.3. The van der Waals surface area contributed by atoms with Crippen molar-refractivity contribution < 1.29 is 38.1 Å². The van der Waals surface area contributed by atoms with Gasteiger partial charge in [-0.3, -0.25) is 19.2 Å². The molecule has 0 N–H and O–H groups in total. The van der Waals surface area contributed by atoms with Crippen LogP contribution in [0.1, 0.15) is 93.9 Å². The van der Waals surface area contributed by atoms with Crippen molar-refractivity contribution in [3.63, 3.8) is 0 Å². The van der Waals surface area contributed by atoms with E-state index in [2.05, 4.69) is 18.9 Å². The van der Waals surface area contributed by atoms with E-state index in [1.807, 2.05) is 0 Å². The topological polar surface area (TPSA) is 105 Å². The summed E-state index contributed by atoms with van der Waals surface area (Å²) in [5.41, 5.74) is 0. The van der Waals surface area contributed by atoms with E-state index in [0.717, 1.165) is 0 Å². The number of hydrogen-bond donors (Lipinski definition) is 0. The fourth-order valence-corrected chi connectivity index (χ4v) is 1.87. The first-order valence-electron chi connectivity index (χ1n) is 10.6. The van der Waals surface area contributed by atoms with Gasteiger partial charge in [0.25, 0.3) is 0 Å². The number of esters is 4. The van der Waals surface area contributed by atoms with Crippen molar-refractivity contribution in [3.05, 3.63) is 0 Å². The van der Waals surface area contributed by atoms with Crippen molar-refractivity contribution in [2.45, 2.75) is 93.9 Å². The highest BCUT2D eigenvalue weighted by Gasteiger charge is 1.95. The maximum absolute atomic E-state index is 9.82. The Morgan fingerprint density at radius 3 is 0.600 bits per heavy atom. The molecular weight excluding hydrogens is 392 g/mol. The Hall–Kier alpha value is -2.12. The lowest BCUT2D eigenvalue weighted by Crippen LogP contribution is -1.95. The molecule has 1 rings (SSSR count). The van der Waals surface area contributed by atoms with E-state index in [4.69, 9.17) is 0 Å². The van der Waals surface area contributed by atoms with Crippen LogP contribution in [0.25, 0.3) is 0 Å². The molecule has 0 saturated heterocycles. The predicted molar refractivity (Wildman–Crippen MR) is 117 cm³/mol. The van der Waals surface area contributed by atoms with Gasteiger partial charge in [-0.05, 0) is 27.7 Å². The van der Waals surface area contributed by atoms with Crippen LogP contribution in [0.5, 0.6) is 0 Å². The Morgan fingerprint density at radius 1 is 0.433 bits per heavy atom. The number of rotatable bonds is 4. The Labute approximate surface area is 183 Å². The minimum absolute atomic E-state index is 0.211. The first kappa shape index (κ1) is 35.3. The molecule has 0 heterocycles. The molecule has 0 aromatic carbocycles. The van der Waals surface area contributed by atoms with Crippen LogP contribution >= 0.6 is 0 Å². The Balaban J connectivity index is -0.000000141. The number of carbonyl (C=O) groups excluding carboxylic acids is 4. The second-order valence-corrected chi connectivity index (χ2v) is 5.82. The molecule has 8 nitrogen and oxygen atoms in total. The lowest BCUT2D eigenvalue weighted by atomic mass is 10.0. The van der Waals surface area contributed by atoms with E-state index in [-0.39, 0.29) is 23.9 Å². The fourth-order valence-electron chi connectivity index (χ4n) is 1.87. The molecule has 1 aliphatic carbocycles. The summed E-state index contributed by atoms with van der Waals surface area (Å²) in [6.45, 7) is 14.6. The molecule has 180 valence electrons. The van der Waals surface area contributed by atoms with Crippen molar-refractivity contribution >= 4 is 23.9 Å². The average molecular weight is 437 g/mol. The maximum Gasteiger partial charge on any atom is 0.302 e.